The Bertz CT molecular complexity index is 1030. The van der Waals surface area contributed by atoms with Crippen LogP contribution in [-0.4, -0.2) is 38.8 Å². The van der Waals surface area contributed by atoms with Crippen LogP contribution in [0.5, 0.6) is 5.75 Å². The molecule has 0 bridgehead atoms. The lowest BCUT2D eigenvalue weighted by molar-refractivity contribution is 0.102. The van der Waals surface area contributed by atoms with E-state index >= 15 is 0 Å². The van der Waals surface area contributed by atoms with Crippen LogP contribution in [0.4, 0.5) is 5.69 Å². The molecule has 0 atom stereocenters. The highest BCUT2D eigenvalue weighted by atomic mass is 32.2. The Labute approximate surface area is 184 Å². The number of sulfonamides is 1. The van der Waals surface area contributed by atoms with Crippen molar-refractivity contribution in [3.05, 3.63) is 53.6 Å². The third-order valence-electron chi connectivity index (χ3n) is 6.34. The molecule has 166 valence electrons. The lowest BCUT2D eigenvalue weighted by Gasteiger charge is -2.28. The first-order valence-corrected chi connectivity index (χ1v) is 12.5. The highest BCUT2D eigenvalue weighted by Gasteiger charge is 2.34. The zero-order valence-corrected chi connectivity index (χ0v) is 18.8. The number of rotatable bonds is 6. The number of hydrogen-bond acceptors (Lipinski definition) is 4. The number of nitrogens with zero attached hydrogens (tertiary/aromatic N) is 1. The Balaban J connectivity index is 1.78. The highest BCUT2D eigenvalue weighted by Crippen LogP contribution is 2.45. The maximum atomic E-state index is 13.5. The number of anilines is 1. The predicted molar refractivity (Wildman–Crippen MR) is 121 cm³/mol. The van der Waals surface area contributed by atoms with Crippen LogP contribution in [0, 0.1) is 0 Å². The third-order valence-corrected chi connectivity index (χ3v) is 8.30. The minimum Gasteiger partial charge on any atom is -0.494 e. The van der Waals surface area contributed by atoms with Gasteiger partial charge in [-0.15, -0.1) is 0 Å². The Morgan fingerprint density at radius 3 is 2.29 bits per heavy atom. The van der Waals surface area contributed by atoms with Crippen LogP contribution in [0.15, 0.2) is 47.4 Å². The molecule has 1 heterocycles. The first-order chi connectivity index (χ1) is 15.0. The van der Waals surface area contributed by atoms with Gasteiger partial charge < -0.3 is 10.1 Å². The summed E-state index contributed by atoms with van der Waals surface area (Å²) in [7, 11) is -2.06. The summed E-state index contributed by atoms with van der Waals surface area (Å²) in [6.45, 7) is 1.11. The fraction of sp³-hybridized carbons (Fsp3) is 0.458. The Hall–Kier alpha value is -2.38. The van der Waals surface area contributed by atoms with E-state index in [9.17, 15) is 13.2 Å². The van der Waals surface area contributed by atoms with Crippen molar-refractivity contribution >= 4 is 21.6 Å². The van der Waals surface area contributed by atoms with Gasteiger partial charge in [0.05, 0.1) is 17.7 Å². The molecule has 1 saturated heterocycles. The lowest BCUT2D eigenvalue weighted by Crippen LogP contribution is -2.29. The van der Waals surface area contributed by atoms with Crippen LogP contribution in [0.2, 0.25) is 0 Å². The van der Waals surface area contributed by atoms with Crippen molar-refractivity contribution in [2.75, 3.05) is 25.5 Å². The van der Waals surface area contributed by atoms with Gasteiger partial charge in [-0.2, -0.15) is 4.31 Å². The van der Waals surface area contributed by atoms with E-state index in [2.05, 4.69) is 5.32 Å². The third kappa shape index (κ3) is 4.48. The van der Waals surface area contributed by atoms with Gasteiger partial charge in [-0.1, -0.05) is 37.5 Å². The van der Waals surface area contributed by atoms with Gasteiger partial charge in [-0.3, -0.25) is 4.79 Å². The molecule has 31 heavy (non-hydrogen) atoms. The van der Waals surface area contributed by atoms with Crippen LogP contribution >= 0.6 is 0 Å². The summed E-state index contributed by atoms with van der Waals surface area (Å²) >= 11 is 0. The van der Waals surface area contributed by atoms with E-state index in [4.69, 9.17) is 4.74 Å². The van der Waals surface area contributed by atoms with E-state index in [1.54, 1.807) is 35.7 Å². The first kappa shape index (κ1) is 21.8. The normalized spacial score (nSPS) is 18.1. The predicted octanol–water partition coefficient (Wildman–Crippen LogP) is 4.78. The number of carbonyl (C=O) groups is 1. The molecule has 2 fully saturated rings. The summed E-state index contributed by atoms with van der Waals surface area (Å²) in [5.74, 6) is 0.324. The average Bonchev–Trinajstić information content (AvgIpc) is 3.36. The number of carbonyl (C=O) groups excluding carboxylic acids is 1. The van der Waals surface area contributed by atoms with E-state index < -0.39 is 10.0 Å². The second-order valence-electron chi connectivity index (χ2n) is 8.32. The smallest absolute Gasteiger partial charge is 0.255 e. The monoisotopic (exact) mass is 442 g/mol. The van der Waals surface area contributed by atoms with Crippen LogP contribution in [0.25, 0.3) is 0 Å². The molecule has 2 aromatic carbocycles. The second kappa shape index (κ2) is 9.40. The topological polar surface area (TPSA) is 75.7 Å². The molecule has 0 aromatic heterocycles. The van der Waals surface area contributed by atoms with Gasteiger partial charge in [-0.05, 0) is 55.9 Å². The van der Waals surface area contributed by atoms with Gasteiger partial charge in [0.2, 0.25) is 10.0 Å². The fourth-order valence-corrected chi connectivity index (χ4v) is 6.55. The molecule has 4 rings (SSSR count). The minimum absolute atomic E-state index is 0.102. The van der Waals surface area contributed by atoms with Crippen molar-refractivity contribution in [3.63, 3.8) is 0 Å². The number of amides is 1. The summed E-state index contributed by atoms with van der Waals surface area (Å²) in [4.78, 5) is 13.1. The largest absolute Gasteiger partial charge is 0.494 e. The summed E-state index contributed by atoms with van der Waals surface area (Å²) in [6, 6.07) is 12.3. The Kier molecular flexibility index (Phi) is 6.62. The Morgan fingerprint density at radius 1 is 0.968 bits per heavy atom. The van der Waals surface area contributed by atoms with Crippen molar-refractivity contribution in [1.29, 1.82) is 0 Å². The molecule has 6 nitrogen and oxygen atoms in total. The molecular weight excluding hydrogens is 412 g/mol. The molecule has 1 amide bonds. The summed E-state index contributed by atoms with van der Waals surface area (Å²) in [6.07, 6.45) is 6.93. The van der Waals surface area contributed by atoms with Crippen molar-refractivity contribution < 1.29 is 17.9 Å². The molecule has 1 saturated carbocycles. The summed E-state index contributed by atoms with van der Waals surface area (Å²) in [5.41, 5.74) is 1.77. The fourth-order valence-electron chi connectivity index (χ4n) is 4.75. The highest BCUT2D eigenvalue weighted by molar-refractivity contribution is 7.89. The zero-order valence-electron chi connectivity index (χ0n) is 18.0. The van der Waals surface area contributed by atoms with E-state index in [0.717, 1.165) is 50.5 Å². The number of methoxy groups -OCH3 is 1. The van der Waals surface area contributed by atoms with Crippen molar-refractivity contribution in [2.24, 2.45) is 0 Å². The summed E-state index contributed by atoms with van der Waals surface area (Å²) in [5, 5.41) is 2.93. The van der Waals surface area contributed by atoms with Crippen molar-refractivity contribution in [1.82, 2.24) is 4.31 Å². The molecule has 1 aliphatic heterocycles. The van der Waals surface area contributed by atoms with E-state index in [1.807, 2.05) is 18.2 Å². The molecule has 1 N–H and O–H groups in total. The second-order valence-corrected chi connectivity index (χ2v) is 10.2. The molecule has 2 aliphatic rings. The van der Waals surface area contributed by atoms with Gasteiger partial charge in [0.15, 0.2) is 0 Å². The average molecular weight is 443 g/mol. The standard InChI is InChI=1S/C24H30N2O4S/c1-30-23-20(25-24(27)19-12-6-3-7-13-19)14-15-21(22(23)18-10-4-2-5-11-18)31(28,29)26-16-8-9-17-26/h3,6-7,12-15,18H,2,4-5,8-11,16-17H2,1H3,(H,25,27). The van der Waals surface area contributed by atoms with E-state index in [-0.39, 0.29) is 11.8 Å². The van der Waals surface area contributed by atoms with Gasteiger partial charge in [0, 0.05) is 24.2 Å². The zero-order chi connectivity index (χ0) is 21.8. The van der Waals surface area contributed by atoms with Crippen LogP contribution < -0.4 is 10.1 Å². The first-order valence-electron chi connectivity index (χ1n) is 11.1. The molecule has 7 heteroatoms. The van der Waals surface area contributed by atoms with Crippen LogP contribution in [0.3, 0.4) is 0 Å². The number of nitrogens with one attached hydrogen (secondary N) is 1. The van der Waals surface area contributed by atoms with E-state index in [1.165, 1.54) is 0 Å². The van der Waals surface area contributed by atoms with E-state index in [0.29, 0.717) is 35.0 Å². The van der Waals surface area contributed by atoms with Gasteiger partial charge in [-0.25, -0.2) is 8.42 Å². The molecular formula is C24H30N2O4S. The van der Waals surface area contributed by atoms with Crippen LogP contribution in [-0.2, 0) is 10.0 Å². The number of benzene rings is 2. The number of hydrogen-bond donors (Lipinski definition) is 1. The van der Waals surface area contributed by atoms with Gasteiger partial charge >= 0.3 is 0 Å². The number of ether oxygens (including phenoxy) is 1. The lowest BCUT2D eigenvalue weighted by atomic mass is 9.83. The maximum Gasteiger partial charge on any atom is 0.255 e. The van der Waals surface area contributed by atoms with Crippen molar-refractivity contribution in [3.8, 4) is 5.75 Å². The molecule has 2 aromatic rings. The van der Waals surface area contributed by atoms with Crippen molar-refractivity contribution in [2.45, 2.75) is 55.8 Å². The quantitative estimate of drug-likeness (QED) is 0.699. The SMILES string of the molecule is COc1c(NC(=O)c2ccccc2)ccc(S(=O)(=O)N2CCCC2)c1C1CCCCC1. The maximum absolute atomic E-state index is 13.5. The molecule has 0 unspecified atom stereocenters. The van der Waals surface area contributed by atoms with Gasteiger partial charge in [0.1, 0.15) is 5.75 Å². The van der Waals surface area contributed by atoms with Crippen LogP contribution in [0.1, 0.15) is 66.8 Å². The summed E-state index contributed by atoms with van der Waals surface area (Å²) < 4.78 is 34.4. The minimum atomic E-state index is -3.61. The Morgan fingerprint density at radius 2 is 1.65 bits per heavy atom. The molecule has 1 aliphatic carbocycles. The van der Waals surface area contributed by atoms with Gasteiger partial charge in [0.25, 0.3) is 5.91 Å². The molecule has 0 radical (unpaired) electrons. The molecule has 0 spiro atoms.